The first-order valence-electron chi connectivity index (χ1n) is 7.42. The molecule has 3 N–H and O–H groups in total. The minimum atomic E-state index is -0.988. The Bertz CT molecular complexity index is 306. The van der Waals surface area contributed by atoms with Gasteiger partial charge in [-0.2, -0.15) is 0 Å². The summed E-state index contributed by atoms with van der Waals surface area (Å²) in [5.74, 6) is 0.560. The van der Waals surface area contributed by atoms with Crippen LogP contribution in [0, 0.1) is 23.7 Å². The molecule has 20 heavy (non-hydrogen) atoms. The summed E-state index contributed by atoms with van der Waals surface area (Å²) in [6, 6.07) is -1.23. The lowest BCUT2D eigenvalue weighted by molar-refractivity contribution is -0.139. The van der Waals surface area contributed by atoms with E-state index in [0.29, 0.717) is 30.7 Å². The van der Waals surface area contributed by atoms with Crippen LogP contribution in [-0.2, 0) is 4.79 Å². The lowest BCUT2D eigenvalue weighted by Crippen LogP contribution is -2.48. The van der Waals surface area contributed by atoms with Gasteiger partial charge in [-0.1, -0.05) is 41.5 Å². The third-order valence-corrected chi connectivity index (χ3v) is 3.52. The molecule has 0 aromatic rings. The van der Waals surface area contributed by atoms with Crippen LogP contribution in [0.3, 0.4) is 0 Å². The summed E-state index contributed by atoms with van der Waals surface area (Å²) in [6.45, 7) is 12.9. The third kappa shape index (κ3) is 7.36. The summed E-state index contributed by atoms with van der Waals surface area (Å²) in [6.07, 6.45) is 0.431. The molecule has 0 bridgehead atoms. The zero-order valence-corrected chi connectivity index (χ0v) is 13.6. The number of carboxylic acids is 1. The number of carbonyl (C=O) groups excluding carboxylic acids is 1. The summed E-state index contributed by atoms with van der Waals surface area (Å²) in [5, 5.41) is 14.4. The Morgan fingerprint density at radius 1 is 1.00 bits per heavy atom. The maximum absolute atomic E-state index is 11.8. The number of aliphatic carboxylic acids is 1. The number of carboxylic acid groups (broad SMARTS) is 1. The van der Waals surface area contributed by atoms with E-state index in [0.717, 1.165) is 0 Å². The molecule has 0 saturated heterocycles. The molecule has 1 atom stereocenters. The van der Waals surface area contributed by atoms with Crippen molar-refractivity contribution in [3.05, 3.63) is 0 Å². The van der Waals surface area contributed by atoms with Gasteiger partial charge in [-0.25, -0.2) is 9.59 Å². The van der Waals surface area contributed by atoms with Crippen molar-refractivity contribution in [2.75, 3.05) is 6.54 Å². The van der Waals surface area contributed by atoms with Crippen molar-refractivity contribution in [3.8, 4) is 0 Å². The fourth-order valence-corrected chi connectivity index (χ4v) is 2.35. The van der Waals surface area contributed by atoms with E-state index in [1.807, 2.05) is 13.8 Å². The van der Waals surface area contributed by atoms with Gasteiger partial charge in [0.1, 0.15) is 6.04 Å². The van der Waals surface area contributed by atoms with Crippen LogP contribution in [-0.4, -0.2) is 29.7 Å². The maximum atomic E-state index is 11.8. The molecule has 0 aromatic heterocycles. The van der Waals surface area contributed by atoms with E-state index in [-0.39, 0.29) is 5.92 Å². The normalized spacial score (nSPS) is 13.1. The molecule has 0 heterocycles. The van der Waals surface area contributed by atoms with Crippen molar-refractivity contribution < 1.29 is 14.7 Å². The first-order valence-corrected chi connectivity index (χ1v) is 7.42. The number of rotatable bonds is 8. The predicted molar refractivity (Wildman–Crippen MR) is 80.6 cm³/mol. The Hall–Kier alpha value is -1.26. The van der Waals surface area contributed by atoms with Crippen LogP contribution in [0.15, 0.2) is 0 Å². The largest absolute Gasteiger partial charge is 0.480 e. The van der Waals surface area contributed by atoms with E-state index < -0.39 is 18.0 Å². The molecular formula is C15H30N2O3. The highest BCUT2D eigenvalue weighted by atomic mass is 16.4. The molecule has 0 fully saturated rings. The molecule has 0 aromatic carbocycles. The summed E-state index contributed by atoms with van der Waals surface area (Å²) in [5.41, 5.74) is 0. The van der Waals surface area contributed by atoms with E-state index in [1.54, 1.807) is 0 Å². The molecule has 0 aliphatic rings. The van der Waals surface area contributed by atoms with Crippen LogP contribution in [0.4, 0.5) is 4.79 Å². The SMILES string of the molecule is CC(C)C[C@H](NC(=O)NCC(C(C)C)C(C)C)C(=O)O. The highest BCUT2D eigenvalue weighted by Crippen LogP contribution is 2.19. The van der Waals surface area contributed by atoms with E-state index >= 15 is 0 Å². The molecule has 0 radical (unpaired) electrons. The molecule has 0 spiro atoms. The van der Waals surface area contributed by atoms with E-state index in [2.05, 4.69) is 38.3 Å². The second kappa shape index (κ2) is 8.82. The minimum Gasteiger partial charge on any atom is -0.480 e. The van der Waals surface area contributed by atoms with Crippen molar-refractivity contribution in [1.82, 2.24) is 10.6 Å². The van der Waals surface area contributed by atoms with E-state index in [9.17, 15) is 9.59 Å². The monoisotopic (exact) mass is 286 g/mol. The van der Waals surface area contributed by atoms with Crippen LogP contribution in [0.1, 0.15) is 48.0 Å². The van der Waals surface area contributed by atoms with Crippen LogP contribution in [0.5, 0.6) is 0 Å². The molecule has 0 aliphatic heterocycles. The fraction of sp³-hybridized carbons (Fsp3) is 0.867. The van der Waals surface area contributed by atoms with E-state index in [1.165, 1.54) is 0 Å². The number of hydrogen-bond donors (Lipinski definition) is 3. The summed E-state index contributed by atoms with van der Waals surface area (Å²) < 4.78 is 0. The van der Waals surface area contributed by atoms with Crippen molar-refractivity contribution in [2.24, 2.45) is 23.7 Å². The van der Waals surface area contributed by atoms with Gasteiger partial charge < -0.3 is 15.7 Å². The van der Waals surface area contributed by atoms with Gasteiger partial charge in [0.05, 0.1) is 0 Å². The van der Waals surface area contributed by atoms with Gasteiger partial charge in [0.25, 0.3) is 0 Å². The van der Waals surface area contributed by atoms with Crippen molar-refractivity contribution in [3.63, 3.8) is 0 Å². The molecule has 2 amide bonds. The van der Waals surface area contributed by atoms with Crippen molar-refractivity contribution >= 4 is 12.0 Å². The van der Waals surface area contributed by atoms with E-state index in [4.69, 9.17) is 5.11 Å². The smallest absolute Gasteiger partial charge is 0.326 e. The molecule has 5 nitrogen and oxygen atoms in total. The molecular weight excluding hydrogens is 256 g/mol. The van der Waals surface area contributed by atoms with Crippen LogP contribution in [0.2, 0.25) is 0 Å². The van der Waals surface area contributed by atoms with Gasteiger partial charge in [0.2, 0.25) is 0 Å². The molecule has 0 aliphatic carbocycles. The number of carbonyl (C=O) groups is 2. The second-order valence-corrected chi connectivity index (χ2v) is 6.53. The molecule has 118 valence electrons. The highest BCUT2D eigenvalue weighted by Gasteiger charge is 2.22. The Morgan fingerprint density at radius 3 is 1.85 bits per heavy atom. The van der Waals surface area contributed by atoms with Gasteiger partial charge in [-0.05, 0) is 30.1 Å². The molecule has 5 heteroatoms. The lowest BCUT2D eigenvalue weighted by atomic mass is 9.85. The number of hydrogen-bond acceptors (Lipinski definition) is 2. The first kappa shape index (κ1) is 18.7. The highest BCUT2D eigenvalue weighted by molar-refractivity contribution is 5.82. The quantitative estimate of drug-likeness (QED) is 0.642. The van der Waals surface area contributed by atoms with Crippen LogP contribution in [0.25, 0.3) is 0 Å². The summed E-state index contributed by atoms with van der Waals surface area (Å²) >= 11 is 0. The molecule has 0 unspecified atom stereocenters. The Labute approximate surface area is 122 Å². The van der Waals surface area contributed by atoms with Gasteiger partial charge in [-0.15, -0.1) is 0 Å². The molecule has 0 saturated carbocycles. The fourth-order valence-electron chi connectivity index (χ4n) is 2.35. The van der Waals surface area contributed by atoms with Crippen molar-refractivity contribution in [1.29, 1.82) is 0 Å². The number of nitrogens with one attached hydrogen (secondary N) is 2. The van der Waals surface area contributed by atoms with Crippen LogP contribution < -0.4 is 10.6 Å². The standard InChI is InChI=1S/C15H30N2O3/c1-9(2)7-13(14(18)19)17-15(20)16-8-12(10(3)4)11(5)6/h9-13H,7-8H2,1-6H3,(H,18,19)(H2,16,17,20)/t13-/m0/s1. The Balaban J connectivity index is 4.35. The van der Waals surface area contributed by atoms with Crippen LogP contribution >= 0.6 is 0 Å². The zero-order chi connectivity index (χ0) is 15.9. The van der Waals surface area contributed by atoms with Gasteiger partial charge >= 0.3 is 12.0 Å². The summed E-state index contributed by atoms with van der Waals surface area (Å²) in [7, 11) is 0. The second-order valence-electron chi connectivity index (χ2n) is 6.53. The summed E-state index contributed by atoms with van der Waals surface area (Å²) in [4.78, 5) is 22.9. The maximum Gasteiger partial charge on any atom is 0.326 e. The predicted octanol–water partition coefficient (Wildman–Crippen LogP) is 2.71. The van der Waals surface area contributed by atoms with Crippen molar-refractivity contribution in [2.45, 2.75) is 54.0 Å². The number of urea groups is 1. The zero-order valence-electron chi connectivity index (χ0n) is 13.6. The molecule has 0 rings (SSSR count). The van der Waals surface area contributed by atoms with Gasteiger partial charge in [-0.3, -0.25) is 0 Å². The average Bonchev–Trinajstić information content (AvgIpc) is 2.26. The average molecular weight is 286 g/mol. The number of amides is 2. The van der Waals surface area contributed by atoms with Gasteiger partial charge in [0, 0.05) is 6.54 Å². The Kier molecular flexibility index (Phi) is 8.26. The lowest BCUT2D eigenvalue weighted by Gasteiger charge is -2.25. The van der Waals surface area contributed by atoms with Gasteiger partial charge in [0.15, 0.2) is 0 Å². The minimum absolute atomic E-state index is 0.218. The first-order chi connectivity index (χ1) is 9.15. The third-order valence-electron chi connectivity index (χ3n) is 3.52. The topological polar surface area (TPSA) is 78.4 Å². The Morgan fingerprint density at radius 2 is 1.50 bits per heavy atom.